The van der Waals surface area contributed by atoms with E-state index in [1.54, 1.807) is 0 Å². The summed E-state index contributed by atoms with van der Waals surface area (Å²) in [5.74, 6) is -0.873. The molecule has 0 aliphatic carbocycles. The molecule has 0 fully saturated rings. The molecule has 0 bridgehead atoms. The maximum Gasteiger partial charge on any atom is 0.306 e. The number of carbonyl (C=O) groups is 3. The third-order valence-corrected chi connectivity index (χ3v) is 13.7. The van der Waals surface area contributed by atoms with Crippen molar-refractivity contribution in [2.45, 2.75) is 341 Å². The molecule has 0 N–H and O–H groups in total. The van der Waals surface area contributed by atoms with Gasteiger partial charge in [-0.2, -0.15) is 0 Å². The number of hydrogen-bond donors (Lipinski definition) is 0. The molecule has 1 unspecified atom stereocenters. The lowest BCUT2D eigenvalue weighted by Crippen LogP contribution is -2.30. The van der Waals surface area contributed by atoms with Gasteiger partial charge in [0, 0.05) is 19.3 Å². The van der Waals surface area contributed by atoms with Crippen molar-refractivity contribution in [3.05, 3.63) is 24.3 Å². The van der Waals surface area contributed by atoms with Gasteiger partial charge in [0.25, 0.3) is 0 Å². The number of hydrogen-bond acceptors (Lipinski definition) is 6. The second-order valence-electron chi connectivity index (χ2n) is 20.6. The lowest BCUT2D eigenvalue weighted by Gasteiger charge is -2.18. The van der Waals surface area contributed by atoms with Crippen LogP contribution in [0.1, 0.15) is 335 Å². The van der Waals surface area contributed by atoms with Crippen LogP contribution in [0.25, 0.3) is 0 Å². The zero-order valence-corrected chi connectivity index (χ0v) is 45.9. The Hall–Kier alpha value is -2.11. The monoisotopic (exact) mass is 957 g/mol. The van der Waals surface area contributed by atoms with E-state index in [1.807, 2.05) is 0 Å². The molecule has 6 nitrogen and oxygen atoms in total. The number of carbonyl (C=O) groups excluding carboxylic acids is 3. The number of unbranched alkanes of at least 4 members (excludes halogenated alkanes) is 41. The van der Waals surface area contributed by atoms with Gasteiger partial charge in [0.1, 0.15) is 13.2 Å². The maximum absolute atomic E-state index is 12.7. The Bertz CT molecular complexity index is 1100. The first-order valence-electron chi connectivity index (χ1n) is 30.3. The Balaban J connectivity index is 3.92. The molecular weight excluding hydrogens is 841 g/mol. The molecule has 0 saturated carbocycles. The highest BCUT2D eigenvalue weighted by Gasteiger charge is 2.19. The fourth-order valence-electron chi connectivity index (χ4n) is 9.08. The summed E-state index contributed by atoms with van der Waals surface area (Å²) in [5, 5.41) is 0. The fraction of sp³-hybridized carbons (Fsp3) is 0.887. The van der Waals surface area contributed by atoms with Gasteiger partial charge in [-0.3, -0.25) is 14.4 Å². The van der Waals surface area contributed by atoms with E-state index in [4.69, 9.17) is 14.2 Å². The van der Waals surface area contributed by atoms with Crippen LogP contribution in [0.4, 0.5) is 0 Å². The van der Waals surface area contributed by atoms with Crippen molar-refractivity contribution in [1.82, 2.24) is 0 Å². The molecule has 68 heavy (non-hydrogen) atoms. The smallest absolute Gasteiger partial charge is 0.306 e. The molecule has 0 spiro atoms. The zero-order valence-electron chi connectivity index (χ0n) is 45.9. The van der Waals surface area contributed by atoms with Gasteiger partial charge in [0.15, 0.2) is 6.10 Å². The average molecular weight is 958 g/mol. The summed E-state index contributed by atoms with van der Waals surface area (Å²) in [4.78, 5) is 37.8. The molecule has 0 aliphatic heterocycles. The number of allylic oxidation sites excluding steroid dienone is 4. The fourth-order valence-corrected chi connectivity index (χ4v) is 9.08. The van der Waals surface area contributed by atoms with Crippen LogP contribution in [-0.2, 0) is 28.6 Å². The molecule has 0 amide bonds. The molecule has 0 aromatic heterocycles. The molecule has 0 rings (SSSR count). The molecule has 0 saturated heterocycles. The molecule has 0 aliphatic rings. The molecular formula is C62H116O6. The lowest BCUT2D eigenvalue weighted by molar-refractivity contribution is -0.167. The first kappa shape index (κ1) is 65.9. The largest absolute Gasteiger partial charge is 0.462 e. The van der Waals surface area contributed by atoms with Crippen molar-refractivity contribution >= 4 is 17.9 Å². The van der Waals surface area contributed by atoms with Gasteiger partial charge in [-0.05, 0) is 70.6 Å². The molecule has 400 valence electrons. The quantitative estimate of drug-likeness (QED) is 0.0262. The highest BCUT2D eigenvalue weighted by atomic mass is 16.6. The summed E-state index contributed by atoms with van der Waals surface area (Å²) in [6.07, 6.45) is 68.1. The van der Waals surface area contributed by atoms with Crippen LogP contribution in [0, 0.1) is 0 Å². The number of esters is 3. The van der Waals surface area contributed by atoms with Gasteiger partial charge in [-0.15, -0.1) is 0 Å². The molecule has 0 radical (unpaired) electrons. The van der Waals surface area contributed by atoms with Gasteiger partial charge >= 0.3 is 17.9 Å². The highest BCUT2D eigenvalue weighted by molar-refractivity contribution is 5.71. The third kappa shape index (κ3) is 54.8. The SMILES string of the molecule is CCCCCC/C=C\CCCCCCCC(=O)OC(COC(=O)CCCCCCCC)COC(=O)CCCCCCCCCCCCCCCCCCCCC/C=C\CCCCCCCCCC. The molecule has 6 heteroatoms. The van der Waals surface area contributed by atoms with Gasteiger partial charge < -0.3 is 14.2 Å². The minimum Gasteiger partial charge on any atom is -0.462 e. The molecule has 0 heterocycles. The van der Waals surface area contributed by atoms with Crippen LogP contribution < -0.4 is 0 Å². The second kappa shape index (κ2) is 57.5. The van der Waals surface area contributed by atoms with E-state index < -0.39 is 6.10 Å². The lowest BCUT2D eigenvalue weighted by atomic mass is 10.0. The van der Waals surface area contributed by atoms with Crippen molar-refractivity contribution < 1.29 is 28.6 Å². The van der Waals surface area contributed by atoms with E-state index in [-0.39, 0.29) is 31.1 Å². The minimum absolute atomic E-state index is 0.0704. The zero-order chi connectivity index (χ0) is 49.3. The average Bonchev–Trinajstić information content (AvgIpc) is 3.34. The first-order valence-corrected chi connectivity index (χ1v) is 30.3. The minimum atomic E-state index is -0.768. The Morgan fingerprint density at radius 1 is 0.279 bits per heavy atom. The van der Waals surface area contributed by atoms with Crippen molar-refractivity contribution in [2.75, 3.05) is 13.2 Å². The number of rotatable bonds is 56. The summed E-state index contributed by atoms with van der Waals surface area (Å²) in [6.45, 7) is 6.60. The van der Waals surface area contributed by atoms with Crippen molar-refractivity contribution in [3.8, 4) is 0 Å². The Kier molecular flexibility index (Phi) is 55.7. The predicted molar refractivity (Wildman–Crippen MR) is 293 cm³/mol. The van der Waals surface area contributed by atoms with Crippen LogP contribution >= 0.6 is 0 Å². The topological polar surface area (TPSA) is 78.9 Å². The van der Waals surface area contributed by atoms with E-state index in [0.29, 0.717) is 19.3 Å². The van der Waals surface area contributed by atoms with E-state index in [2.05, 4.69) is 45.1 Å². The van der Waals surface area contributed by atoms with Crippen LogP contribution in [0.5, 0.6) is 0 Å². The Morgan fingerprint density at radius 2 is 0.485 bits per heavy atom. The van der Waals surface area contributed by atoms with Crippen LogP contribution in [0.2, 0.25) is 0 Å². The van der Waals surface area contributed by atoms with Gasteiger partial charge in [0.05, 0.1) is 0 Å². The summed E-state index contributed by atoms with van der Waals surface area (Å²) in [6, 6.07) is 0. The van der Waals surface area contributed by atoms with Gasteiger partial charge in [-0.25, -0.2) is 0 Å². The normalized spacial score (nSPS) is 12.1. The van der Waals surface area contributed by atoms with Crippen molar-refractivity contribution in [3.63, 3.8) is 0 Å². The van der Waals surface area contributed by atoms with E-state index >= 15 is 0 Å². The predicted octanol–water partition coefficient (Wildman–Crippen LogP) is 20.3. The van der Waals surface area contributed by atoms with Crippen LogP contribution in [0.3, 0.4) is 0 Å². The highest BCUT2D eigenvalue weighted by Crippen LogP contribution is 2.17. The third-order valence-electron chi connectivity index (χ3n) is 13.7. The van der Waals surface area contributed by atoms with E-state index in [9.17, 15) is 14.4 Å². The molecule has 0 aromatic carbocycles. The maximum atomic E-state index is 12.7. The van der Waals surface area contributed by atoms with Crippen LogP contribution in [-0.4, -0.2) is 37.2 Å². The number of ether oxygens (including phenoxy) is 3. The molecule has 0 aromatic rings. The second-order valence-corrected chi connectivity index (χ2v) is 20.6. The standard InChI is InChI=1S/C62H116O6/c1-4-7-10-13-16-18-20-22-23-24-25-26-27-28-29-30-31-32-33-34-35-36-37-38-39-41-42-44-46-49-52-55-61(64)67-58-59(57-66-60(63)54-51-48-15-12-9-6-3)68-62(65)56-53-50-47-45-43-40-21-19-17-14-11-8-5-2/h19,21,24-25,59H,4-18,20,22-23,26-58H2,1-3H3/b21-19-,25-24-. The van der Waals surface area contributed by atoms with Crippen LogP contribution in [0.15, 0.2) is 24.3 Å². The van der Waals surface area contributed by atoms with E-state index in [0.717, 1.165) is 64.2 Å². The Morgan fingerprint density at radius 3 is 0.750 bits per heavy atom. The van der Waals surface area contributed by atoms with Crippen molar-refractivity contribution in [1.29, 1.82) is 0 Å². The summed E-state index contributed by atoms with van der Waals surface area (Å²) >= 11 is 0. The van der Waals surface area contributed by atoms with E-state index in [1.165, 1.54) is 231 Å². The molecule has 1 atom stereocenters. The summed E-state index contributed by atoms with van der Waals surface area (Å²) in [7, 11) is 0. The summed E-state index contributed by atoms with van der Waals surface area (Å²) in [5.41, 5.74) is 0. The van der Waals surface area contributed by atoms with Gasteiger partial charge in [0.2, 0.25) is 0 Å². The Labute approximate surface area is 423 Å². The van der Waals surface area contributed by atoms with Gasteiger partial charge in [-0.1, -0.05) is 270 Å². The first-order chi connectivity index (χ1) is 33.5. The van der Waals surface area contributed by atoms with Crippen molar-refractivity contribution in [2.24, 2.45) is 0 Å². The summed E-state index contributed by atoms with van der Waals surface area (Å²) < 4.78 is 16.7.